The fourth-order valence-corrected chi connectivity index (χ4v) is 1.68. The second-order valence-corrected chi connectivity index (χ2v) is 3.37. The highest BCUT2D eigenvalue weighted by Gasteiger charge is 2.26. The van der Waals surface area contributed by atoms with Gasteiger partial charge in [-0.1, -0.05) is 0 Å². The summed E-state index contributed by atoms with van der Waals surface area (Å²) in [7, 11) is 1.58. The Labute approximate surface area is 95.9 Å². The van der Waals surface area contributed by atoms with Gasteiger partial charge in [0, 0.05) is 19.4 Å². The molecule has 2 aromatic rings. The Morgan fingerprint density at radius 1 is 1.59 bits per heavy atom. The van der Waals surface area contributed by atoms with E-state index in [2.05, 4.69) is 10.1 Å². The zero-order valence-corrected chi connectivity index (χ0v) is 9.15. The highest BCUT2D eigenvalue weighted by molar-refractivity contribution is 5.52. The number of nitriles is 1. The molecule has 0 bridgehead atoms. The molecular formula is C9H8N6O2. The third-order valence-corrected chi connectivity index (χ3v) is 2.31. The average Bonchev–Trinajstić information content (AvgIpc) is 2.81. The van der Waals surface area contributed by atoms with Crippen LogP contribution in [0.1, 0.15) is 11.5 Å². The molecule has 17 heavy (non-hydrogen) atoms. The standard InChI is InChI=1S/C9H8N6O2/c1-6-8(15(16)17)9(13(2)12-6)14-4-3-11-7(14)5-10/h3-4H,1-2H3. The number of imidazole rings is 1. The molecule has 0 aromatic carbocycles. The van der Waals surface area contributed by atoms with Crippen molar-refractivity contribution in [2.75, 3.05) is 0 Å². The highest BCUT2D eigenvalue weighted by Crippen LogP contribution is 2.26. The van der Waals surface area contributed by atoms with Gasteiger partial charge in [-0.15, -0.1) is 0 Å². The minimum Gasteiger partial charge on any atom is -0.270 e. The highest BCUT2D eigenvalue weighted by atomic mass is 16.6. The van der Waals surface area contributed by atoms with Gasteiger partial charge >= 0.3 is 5.69 Å². The Morgan fingerprint density at radius 2 is 2.29 bits per heavy atom. The molecule has 0 spiro atoms. The lowest BCUT2D eigenvalue weighted by Gasteiger charge is -2.02. The van der Waals surface area contributed by atoms with E-state index >= 15 is 0 Å². The Bertz CT molecular complexity index is 632. The Morgan fingerprint density at radius 3 is 2.88 bits per heavy atom. The third-order valence-electron chi connectivity index (χ3n) is 2.31. The number of nitrogens with zero attached hydrogens (tertiary/aromatic N) is 6. The molecular weight excluding hydrogens is 224 g/mol. The molecule has 0 saturated heterocycles. The van der Waals surface area contributed by atoms with Crippen LogP contribution in [0.2, 0.25) is 0 Å². The molecule has 86 valence electrons. The van der Waals surface area contributed by atoms with E-state index in [0.29, 0.717) is 5.69 Å². The van der Waals surface area contributed by atoms with E-state index in [-0.39, 0.29) is 17.3 Å². The predicted molar refractivity (Wildman–Crippen MR) is 56.4 cm³/mol. The molecule has 0 aliphatic carbocycles. The van der Waals surface area contributed by atoms with Crippen LogP contribution in [0, 0.1) is 28.4 Å². The van der Waals surface area contributed by atoms with Gasteiger partial charge in [0.1, 0.15) is 11.8 Å². The number of aryl methyl sites for hydroxylation is 2. The van der Waals surface area contributed by atoms with Crippen molar-refractivity contribution in [1.82, 2.24) is 19.3 Å². The summed E-state index contributed by atoms with van der Waals surface area (Å²) in [5.41, 5.74) is 0.173. The Hall–Kier alpha value is -2.69. The smallest absolute Gasteiger partial charge is 0.270 e. The second kappa shape index (κ2) is 3.71. The molecule has 2 aromatic heterocycles. The minimum absolute atomic E-state index is 0.0797. The zero-order chi connectivity index (χ0) is 12.6. The van der Waals surface area contributed by atoms with Crippen molar-refractivity contribution in [1.29, 1.82) is 5.26 Å². The Balaban J connectivity index is 2.76. The average molecular weight is 232 g/mol. The van der Waals surface area contributed by atoms with Crippen molar-refractivity contribution < 1.29 is 4.92 Å². The summed E-state index contributed by atoms with van der Waals surface area (Å²) in [6.07, 6.45) is 2.90. The van der Waals surface area contributed by atoms with E-state index in [9.17, 15) is 10.1 Å². The topological polar surface area (TPSA) is 103 Å². The molecule has 0 radical (unpaired) electrons. The van der Waals surface area contributed by atoms with Crippen LogP contribution in [0.4, 0.5) is 5.69 Å². The lowest BCUT2D eigenvalue weighted by molar-refractivity contribution is -0.385. The van der Waals surface area contributed by atoms with E-state index in [1.807, 2.05) is 6.07 Å². The molecule has 0 saturated carbocycles. The van der Waals surface area contributed by atoms with Crippen LogP contribution in [-0.2, 0) is 7.05 Å². The molecule has 0 unspecified atom stereocenters. The summed E-state index contributed by atoms with van der Waals surface area (Å²) >= 11 is 0. The minimum atomic E-state index is -0.515. The van der Waals surface area contributed by atoms with Gasteiger partial charge in [-0.05, 0) is 6.92 Å². The fraction of sp³-hybridized carbons (Fsp3) is 0.222. The van der Waals surface area contributed by atoms with E-state index in [0.717, 1.165) is 0 Å². The van der Waals surface area contributed by atoms with Crippen LogP contribution in [0.5, 0.6) is 0 Å². The van der Waals surface area contributed by atoms with Crippen molar-refractivity contribution in [2.24, 2.45) is 7.05 Å². The Kier molecular flexibility index (Phi) is 2.36. The summed E-state index contributed by atoms with van der Waals surface area (Å²) in [5.74, 6) is 0.303. The van der Waals surface area contributed by atoms with E-state index in [4.69, 9.17) is 5.26 Å². The molecule has 0 fully saturated rings. The van der Waals surface area contributed by atoms with Crippen LogP contribution in [-0.4, -0.2) is 24.3 Å². The third kappa shape index (κ3) is 1.53. The van der Waals surface area contributed by atoms with Crippen molar-refractivity contribution in [3.8, 4) is 11.9 Å². The second-order valence-electron chi connectivity index (χ2n) is 3.37. The summed E-state index contributed by atoms with van der Waals surface area (Å²) < 4.78 is 2.70. The first-order valence-corrected chi connectivity index (χ1v) is 4.68. The number of hydrogen-bond acceptors (Lipinski definition) is 5. The molecule has 0 aliphatic heterocycles. The molecule has 2 heterocycles. The van der Waals surface area contributed by atoms with Gasteiger partial charge in [-0.25, -0.2) is 9.67 Å². The lowest BCUT2D eigenvalue weighted by atomic mass is 10.4. The summed E-state index contributed by atoms with van der Waals surface area (Å²) in [4.78, 5) is 14.3. The molecule has 0 N–H and O–H groups in total. The van der Waals surface area contributed by atoms with E-state index < -0.39 is 4.92 Å². The van der Waals surface area contributed by atoms with Gasteiger partial charge in [0.2, 0.25) is 11.6 Å². The van der Waals surface area contributed by atoms with Crippen LogP contribution in [0.25, 0.3) is 5.82 Å². The van der Waals surface area contributed by atoms with Crippen molar-refractivity contribution in [3.63, 3.8) is 0 Å². The van der Waals surface area contributed by atoms with Crippen molar-refractivity contribution in [3.05, 3.63) is 34.0 Å². The van der Waals surface area contributed by atoms with Crippen LogP contribution >= 0.6 is 0 Å². The molecule has 0 atom stereocenters. The summed E-state index contributed by atoms with van der Waals surface area (Å²) in [6.45, 7) is 1.55. The van der Waals surface area contributed by atoms with E-state index in [1.54, 1.807) is 14.0 Å². The zero-order valence-electron chi connectivity index (χ0n) is 9.15. The number of hydrogen-bond donors (Lipinski definition) is 0. The molecule has 0 amide bonds. The molecule has 2 rings (SSSR count). The molecule has 8 heteroatoms. The monoisotopic (exact) mass is 232 g/mol. The van der Waals surface area contributed by atoms with Crippen LogP contribution in [0.15, 0.2) is 12.4 Å². The maximum Gasteiger partial charge on any atom is 0.334 e. The maximum absolute atomic E-state index is 11.0. The largest absolute Gasteiger partial charge is 0.334 e. The van der Waals surface area contributed by atoms with E-state index in [1.165, 1.54) is 21.6 Å². The first-order valence-electron chi connectivity index (χ1n) is 4.68. The predicted octanol–water partition coefficient (Wildman–Crippen LogP) is 0.694. The first-order chi connectivity index (χ1) is 8.06. The number of aromatic nitrogens is 4. The van der Waals surface area contributed by atoms with Crippen LogP contribution < -0.4 is 0 Å². The normalized spacial score (nSPS) is 10.2. The van der Waals surface area contributed by atoms with Crippen LogP contribution in [0.3, 0.4) is 0 Å². The molecule has 0 aliphatic rings. The van der Waals surface area contributed by atoms with Gasteiger partial charge < -0.3 is 0 Å². The number of nitro groups is 1. The fourth-order valence-electron chi connectivity index (χ4n) is 1.68. The lowest BCUT2D eigenvalue weighted by Crippen LogP contribution is -2.06. The summed E-state index contributed by atoms with van der Waals surface area (Å²) in [5, 5.41) is 23.8. The van der Waals surface area contributed by atoms with Gasteiger partial charge in [-0.3, -0.25) is 14.7 Å². The number of rotatable bonds is 2. The van der Waals surface area contributed by atoms with Crippen molar-refractivity contribution >= 4 is 5.69 Å². The summed E-state index contributed by atoms with van der Waals surface area (Å²) in [6, 6.07) is 1.86. The maximum atomic E-state index is 11.0. The molecule has 8 nitrogen and oxygen atoms in total. The van der Waals surface area contributed by atoms with Crippen molar-refractivity contribution in [2.45, 2.75) is 6.92 Å². The van der Waals surface area contributed by atoms with Gasteiger partial charge in [0.25, 0.3) is 0 Å². The SMILES string of the molecule is Cc1nn(C)c(-n2ccnc2C#N)c1[N+](=O)[O-]. The van der Waals surface area contributed by atoms with Gasteiger partial charge in [0.15, 0.2) is 0 Å². The van der Waals surface area contributed by atoms with Gasteiger partial charge in [-0.2, -0.15) is 10.4 Å². The first kappa shape index (κ1) is 10.8. The van der Waals surface area contributed by atoms with Gasteiger partial charge in [0.05, 0.1) is 4.92 Å². The quantitative estimate of drug-likeness (QED) is 0.559.